The van der Waals surface area contributed by atoms with Gasteiger partial charge in [0.15, 0.2) is 5.79 Å². The summed E-state index contributed by atoms with van der Waals surface area (Å²) in [6.07, 6.45) is 1.28. The minimum absolute atomic E-state index is 0.0534. The van der Waals surface area contributed by atoms with E-state index in [1.54, 1.807) is 0 Å². The van der Waals surface area contributed by atoms with Crippen LogP contribution < -0.4 is 0 Å². The Kier molecular flexibility index (Phi) is 2.51. The summed E-state index contributed by atoms with van der Waals surface area (Å²) in [4.78, 5) is 11.6. The highest BCUT2D eigenvalue weighted by molar-refractivity contribution is 5.74. The van der Waals surface area contributed by atoms with E-state index in [2.05, 4.69) is 0 Å². The summed E-state index contributed by atoms with van der Waals surface area (Å²) in [5, 5.41) is 0. The number of esters is 1. The number of rotatable bonds is 1. The van der Waals surface area contributed by atoms with Crippen LogP contribution in [0.15, 0.2) is 0 Å². The summed E-state index contributed by atoms with van der Waals surface area (Å²) in [5.74, 6) is -0.642. The second kappa shape index (κ2) is 3.46. The molecule has 2 aliphatic rings. The normalized spacial score (nSPS) is 25.3. The van der Waals surface area contributed by atoms with Gasteiger partial charge in [-0.25, -0.2) is 0 Å². The van der Waals surface area contributed by atoms with Gasteiger partial charge in [-0.2, -0.15) is 0 Å². The molecule has 4 nitrogen and oxygen atoms in total. The highest BCUT2D eigenvalue weighted by atomic mass is 16.7. The molecule has 0 N–H and O–H groups in total. The van der Waals surface area contributed by atoms with E-state index in [0.717, 1.165) is 0 Å². The van der Waals surface area contributed by atoms with E-state index < -0.39 is 11.4 Å². The summed E-state index contributed by atoms with van der Waals surface area (Å²) >= 11 is 0. The van der Waals surface area contributed by atoms with Crippen molar-refractivity contribution in [2.45, 2.75) is 45.0 Å². The van der Waals surface area contributed by atoms with Crippen LogP contribution in [0.3, 0.4) is 0 Å². The third-order valence-corrected chi connectivity index (χ3v) is 2.67. The second-order valence-corrected chi connectivity index (χ2v) is 5.25. The number of hydrogen-bond acceptors (Lipinski definition) is 4. The predicted molar refractivity (Wildman–Crippen MR) is 53.2 cm³/mol. The molecule has 2 rings (SSSR count). The van der Waals surface area contributed by atoms with E-state index in [9.17, 15) is 4.79 Å². The van der Waals surface area contributed by atoms with E-state index in [0.29, 0.717) is 26.1 Å². The monoisotopic (exact) mass is 214 g/mol. The van der Waals surface area contributed by atoms with E-state index >= 15 is 0 Å². The van der Waals surface area contributed by atoms with Gasteiger partial charge < -0.3 is 14.2 Å². The van der Waals surface area contributed by atoms with Gasteiger partial charge >= 0.3 is 5.97 Å². The molecule has 1 saturated heterocycles. The average molecular weight is 214 g/mol. The standard InChI is InChI=1S/C11H18O4/c1-10(2,3)15-9(12)8-6-11(7-8)13-4-5-14-11/h8H,4-7H2,1-3H3. The molecule has 1 spiro atoms. The van der Waals surface area contributed by atoms with Crippen molar-refractivity contribution in [3.63, 3.8) is 0 Å². The first kappa shape index (κ1) is 10.9. The topological polar surface area (TPSA) is 44.8 Å². The van der Waals surface area contributed by atoms with Crippen LogP contribution in [0.1, 0.15) is 33.6 Å². The van der Waals surface area contributed by atoms with E-state index in [1.807, 2.05) is 20.8 Å². The zero-order valence-electron chi connectivity index (χ0n) is 9.54. The Balaban J connectivity index is 1.81. The van der Waals surface area contributed by atoms with Gasteiger partial charge in [0.05, 0.1) is 19.1 Å². The molecular weight excluding hydrogens is 196 g/mol. The zero-order chi connectivity index (χ0) is 11.1. The fourth-order valence-electron chi connectivity index (χ4n) is 1.98. The van der Waals surface area contributed by atoms with Crippen molar-refractivity contribution in [2.24, 2.45) is 5.92 Å². The fourth-order valence-corrected chi connectivity index (χ4v) is 1.98. The lowest BCUT2D eigenvalue weighted by Gasteiger charge is -2.42. The molecule has 0 amide bonds. The SMILES string of the molecule is CC(C)(C)OC(=O)C1CC2(C1)OCCO2. The van der Waals surface area contributed by atoms with E-state index in [4.69, 9.17) is 14.2 Å². The van der Waals surface area contributed by atoms with Crippen LogP contribution >= 0.6 is 0 Å². The van der Waals surface area contributed by atoms with Crippen molar-refractivity contribution in [1.29, 1.82) is 0 Å². The van der Waals surface area contributed by atoms with Gasteiger partial charge in [-0.3, -0.25) is 4.79 Å². The molecule has 1 heterocycles. The predicted octanol–water partition coefficient (Wildman–Crippen LogP) is 1.48. The maximum atomic E-state index is 11.6. The number of ether oxygens (including phenoxy) is 3. The van der Waals surface area contributed by atoms with Gasteiger partial charge in [-0.05, 0) is 20.8 Å². The van der Waals surface area contributed by atoms with Gasteiger partial charge in [0, 0.05) is 12.8 Å². The Hall–Kier alpha value is -0.610. The molecule has 0 bridgehead atoms. The Bertz CT molecular complexity index is 252. The molecule has 4 heteroatoms. The highest BCUT2D eigenvalue weighted by Crippen LogP contribution is 2.45. The molecule has 0 atom stereocenters. The van der Waals surface area contributed by atoms with Gasteiger partial charge in [-0.1, -0.05) is 0 Å². The minimum atomic E-state index is -0.457. The summed E-state index contributed by atoms with van der Waals surface area (Å²) in [5.41, 5.74) is -0.406. The van der Waals surface area contributed by atoms with Crippen molar-refractivity contribution in [1.82, 2.24) is 0 Å². The van der Waals surface area contributed by atoms with Gasteiger partial charge in [-0.15, -0.1) is 0 Å². The van der Waals surface area contributed by atoms with Crippen LogP contribution in [0.2, 0.25) is 0 Å². The summed E-state index contributed by atoms with van der Waals surface area (Å²) in [6, 6.07) is 0. The van der Waals surface area contributed by atoms with Crippen LogP contribution in [0.4, 0.5) is 0 Å². The van der Waals surface area contributed by atoms with Gasteiger partial charge in [0.1, 0.15) is 5.60 Å². The van der Waals surface area contributed by atoms with Crippen LogP contribution in [-0.4, -0.2) is 30.6 Å². The Morgan fingerprint density at radius 1 is 1.27 bits per heavy atom. The Labute approximate surface area is 89.9 Å². The molecule has 2 fully saturated rings. The lowest BCUT2D eigenvalue weighted by Crippen LogP contribution is -2.49. The lowest BCUT2D eigenvalue weighted by atomic mass is 9.79. The first-order valence-electron chi connectivity index (χ1n) is 5.41. The molecule has 1 aliphatic heterocycles. The zero-order valence-corrected chi connectivity index (χ0v) is 9.54. The van der Waals surface area contributed by atoms with Crippen molar-refractivity contribution >= 4 is 5.97 Å². The lowest BCUT2D eigenvalue weighted by molar-refractivity contribution is -0.238. The van der Waals surface area contributed by atoms with E-state index in [1.165, 1.54) is 0 Å². The molecule has 1 saturated carbocycles. The fraction of sp³-hybridized carbons (Fsp3) is 0.909. The number of hydrogen-bond donors (Lipinski definition) is 0. The maximum Gasteiger partial charge on any atom is 0.309 e. The Morgan fingerprint density at radius 2 is 1.80 bits per heavy atom. The average Bonchev–Trinajstić information content (AvgIpc) is 2.44. The molecule has 0 aromatic carbocycles. The van der Waals surface area contributed by atoms with Gasteiger partial charge in [0.25, 0.3) is 0 Å². The highest BCUT2D eigenvalue weighted by Gasteiger charge is 2.52. The number of carbonyl (C=O) groups excluding carboxylic acids is 1. The van der Waals surface area contributed by atoms with Crippen LogP contribution in [0, 0.1) is 5.92 Å². The summed E-state index contributed by atoms with van der Waals surface area (Å²) in [7, 11) is 0. The summed E-state index contributed by atoms with van der Waals surface area (Å²) < 4.78 is 16.2. The Morgan fingerprint density at radius 3 is 2.27 bits per heavy atom. The van der Waals surface area contributed by atoms with Crippen LogP contribution in [-0.2, 0) is 19.0 Å². The van der Waals surface area contributed by atoms with Crippen molar-refractivity contribution in [3.8, 4) is 0 Å². The first-order chi connectivity index (χ1) is 6.90. The number of carbonyl (C=O) groups is 1. The molecule has 15 heavy (non-hydrogen) atoms. The first-order valence-corrected chi connectivity index (χ1v) is 5.41. The van der Waals surface area contributed by atoms with Gasteiger partial charge in [0.2, 0.25) is 0 Å². The third-order valence-electron chi connectivity index (χ3n) is 2.67. The molecule has 0 radical (unpaired) electrons. The molecule has 1 aliphatic carbocycles. The molecule has 86 valence electrons. The maximum absolute atomic E-state index is 11.6. The van der Waals surface area contributed by atoms with Crippen molar-refractivity contribution in [2.75, 3.05) is 13.2 Å². The summed E-state index contributed by atoms with van der Waals surface area (Å²) in [6.45, 7) is 6.91. The molecular formula is C11H18O4. The largest absolute Gasteiger partial charge is 0.460 e. The van der Waals surface area contributed by atoms with Crippen molar-refractivity contribution in [3.05, 3.63) is 0 Å². The second-order valence-electron chi connectivity index (χ2n) is 5.25. The third kappa shape index (κ3) is 2.32. The quantitative estimate of drug-likeness (QED) is 0.620. The van der Waals surface area contributed by atoms with Crippen molar-refractivity contribution < 1.29 is 19.0 Å². The van der Waals surface area contributed by atoms with E-state index in [-0.39, 0.29) is 11.9 Å². The van der Waals surface area contributed by atoms with Crippen LogP contribution in [0.5, 0.6) is 0 Å². The van der Waals surface area contributed by atoms with Crippen LogP contribution in [0.25, 0.3) is 0 Å². The molecule has 0 unspecified atom stereocenters. The minimum Gasteiger partial charge on any atom is -0.460 e. The molecule has 0 aromatic rings. The molecule has 0 aromatic heterocycles. The smallest absolute Gasteiger partial charge is 0.309 e.